The molecule has 7 nitrogen and oxygen atoms in total. The quantitative estimate of drug-likeness (QED) is 0.731. The van der Waals surface area contributed by atoms with Crippen LogP contribution < -0.4 is 5.56 Å². The topological polar surface area (TPSA) is 87.5 Å². The lowest BCUT2D eigenvalue weighted by Gasteiger charge is -2.16. The van der Waals surface area contributed by atoms with E-state index in [1.54, 1.807) is 34.6 Å². The molecule has 0 amide bonds. The van der Waals surface area contributed by atoms with Crippen LogP contribution in [0.25, 0.3) is 10.2 Å². The lowest BCUT2D eigenvalue weighted by Crippen LogP contribution is -2.31. The standard InChI is InChI=1S/C17H22N2O5S/c1-6-11(16(21)23-7-2)19-8-18-14-12(15(19)20)10(5)13(25-14)17(22)24-9(3)4/h8-9,11H,6-7H2,1-5H3/t11-/m1/s1. The molecule has 25 heavy (non-hydrogen) atoms. The number of aromatic nitrogens is 2. The third kappa shape index (κ3) is 3.73. The number of carbonyl (C=O) groups is 2. The maximum Gasteiger partial charge on any atom is 0.348 e. The van der Waals surface area contributed by atoms with Gasteiger partial charge in [0.1, 0.15) is 15.7 Å². The average molecular weight is 366 g/mol. The molecule has 0 saturated heterocycles. The van der Waals surface area contributed by atoms with Gasteiger partial charge in [0.2, 0.25) is 0 Å². The van der Waals surface area contributed by atoms with Crippen LogP contribution >= 0.6 is 11.3 Å². The van der Waals surface area contributed by atoms with Crippen LogP contribution in [0, 0.1) is 6.92 Å². The number of rotatable bonds is 6. The van der Waals surface area contributed by atoms with E-state index in [0.717, 1.165) is 11.3 Å². The molecule has 2 aromatic rings. The molecular weight excluding hydrogens is 344 g/mol. The number of hydrogen-bond donors (Lipinski definition) is 0. The van der Waals surface area contributed by atoms with E-state index < -0.39 is 18.0 Å². The minimum Gasteiger partial charge on any atom is -0.464 e. The molecule has 2 heterocycles. The predicted octanol–water partition coefficient (Wildman–Crippen LogP) is 2.85. The molecule has 0 saturated carbocycles. The molecule has 1 atom stereocenters. The first-order valence-electron chi connectivity index (χ1n) is 8.19. The Morgan fingerprint density at radius 3 is 2.56 bits per heavy atom. The summed E-state index contributed by atoms with van der Waals surface area (Å²) in [4.78, 5) is 42.3. The molecule has 0 spiro atoms. The molecule has 0 bridgehead atoms. The van der Waals surface area contributed by atoms with Crippen molar-refractivity contribution in [1.82, 2.24) is 9.55 Å². The number of aryl methyl sites for hydroxylation is 1. The van der Waals surface area contributed by atoms with Crippen molar-refractivity contribution >= 4 is 33.5 Å². The highest BCUT2D eigenvalue weighted by Gasteiger charge is 2.25. The molecule has 0 aliphatic carbocycles. The molecule has 0 aliphatic rings. The van der Waals surface area contributed by atoms with Gasteiger partial charge in [0, 0.05) is 0 Å². The summed E-state index contributed by atoms with van der Waals surface area (Å²) in [6.45, 7) is 8.96. The van der Waals surface area contributed by atoms with Gasteiger partial charge in [-0.2, -0.15) is 0 Å². The zero-order valence-electron chi connectivity index (χ0n) is 15.0. The van der Waals surface area contributed by atoms with Crippen molar-refractivity contribution in [2.45, 2.75) is 53.2 Å². The van der Waals surface area contributed by atoms with Crippen molar-refractivity contribution in [3.8, 4) is 0 Å². The lowest BCUT2D eigenvalue weighted by molar-refractivity contribution is -0.147. The summed E-state index contributed by atoms with van der Waals surface area (Å²) in [5.41, 5.74) is 0.165. The Morgan fingerprint density at radius 2 is 2.00 bits per heavy atom. The van der Waals surface area contributed by atoms with E-state index in [2.05, 4.69) is 4.98 Å². The van der Waals surface area contributed by atoms with Crippen LogP contribution in [0.3, 0.4) is 0 Å². The van der Waals surface area contributed by atoms with Crippen LogP contribution in [-0.2, 0) is 14.3 Å². The van der Waals surface area contributed by atoms with Gasteiger partial charge in [-0.15, -0.1) is 11.3 Å². The van der Waals surface area contributed by atoms with E-state index in [4.69, 9.17) is 9.47 Å². The van der Waals surface area contributed by atoms with Gasteiger partial charge < -0.3 is 9.47 Å². The van der Waals surface area contributed by atoms with Crippen molar-refractivity contribution in [2.75, 3.05) is 6.61 Å². The van der Waals surface area contributed by atoms with Gasteiger partial charge >= 0.3 is 11.9 Å². The minimum absolute atomic E-state index is 0.239. The first-order chi connectivity index (χ1) is 11.8. The number of esters is 2. The molecule has 2 aromatic heterocycles. The molecule has 0 aromatic carbocycles. The summed E-state index contributed by atoms with van der Waals surface area (Å²) in [5.74, 6) is -0.945. The van der Waals surface area contributed by atoms with E-state index in [0.29, 0.717) is 27.1 Å². The highest BCUT2D eigenvalue weighted by atomic mass is 32.1. The van der Waals surface area contributed by atoms with Crippen molar-refractivity contribution in [1.29, 1.82) is 0 Å². The SMILES string of the molecule is CCOC(=O)[C@@H](CC)n1cnc2sc(C(=O)OC(C)C)c(C)c2c1=O. The zero-order valence-corrected chi connectivity index (χ0v) is 15.8. The number of nitrogens with zero attached hydrogens (tertiary/aromatic N) is 2. The van der Waals surface area contributed by atoms with E-state index in [1.807, 2.05) is 0 Å². The van der Waals surface area contributed by atoms with Gasteiger partial charge in [0.25, 0.3) is 5.56 Å². The summed E-state index contributed by atoms with van der Waals surface area (Å²) in [5, 5.41) is 0.339. The molecule has 0 N–H and O–H groups in total. The molecule has 0 fully saturated rings. The summed E-state index contributed by atoms with van der Waals surface area (Å²) < 4.78 is 11.5. The minimum atomic E-state index is -0.741. The summed E-state index contributed by atoms with van der Waals surface area (Å²) in [6, 6.07) is -0.741. The van der Waals surface area contributed by atoms with E-state index >= 15 is 0 Å². The lowest BCUT2D eigenvalue weighted by atomic mass is 10.2. The number of hydrogen-bond acceptors (Lipinski definition) is 7. The highest BCUT2D eigenvalue weighted by Crippen LogP contribution is 2.28. The number of thiophene rings is 1. The van der Waals surface area contributed by atoms with Crippen LogP contribution in [0.15, 0.2) is 11.1 Å². The monoisotopic (exact) mass is 366 g/mol. The number of carbonyl (C=O) groups excluding carboxylic acids is 2. The Morgan fingerprint density at radius 1 is 1.32 bits per heavy atom. The Kier molecular flexibility index (Phi) is 5.94. The Bertz CT molecular complexity index is 853. The van der Waals surface area contributed by atoms with Gasteiger partial charge in [0.05, 0.1) is 24.4 Å². The van der Waals surface area contributed by atoms with E-state index in [-0.39, 0.29) is 18.3 Å². The molecule has 2 rings (SSSR count). The maximum absolute atomic E-state index is 12.9. The third-order valence-corrected chi connectivity index (χ3v) is 4.87. The highest BCUT2D eigenvalue weighted by molar-refractivity contribution is 7.20. The maximum atomic E-state index is 12.9. The largest absolute Gasteiger partial charge is 0.464 e. The molecule has 8 heteroatoms. The Hall–Kier alpha value is -2.22. The smallest absolute Gasteiger partial charge is 0.348 e. The molecule has 0 aliphatic heterocycles. The van der Waals surface area contributed by atoms with Gasteiger partial charge in [-0.05, 0) is 39.7 Å². The second kappa shape index (κ2) is 7.77. The summed E-state index contributed by atoms with van der Waals surface area (Å²) >= 11 is 1.12. The van der Waals surface area contributed by atoms with E-state index in [9.17, 15) is 14.4 Å². The number of fused-ring (bicyclic) bond motifs is 1. The van der Waals surface area contributed by atoms with Gasteiger partial charge in [-0.25, -0.2) is 14.6 Å². The fourth-order valence-corrected chi connectivity index (χ4v) is 3.56. The van der Waals surface area contributed by atoms with Crippen LogP contribution in [-0.4, -0.2) is 34.2 Å². The molecule has 0 radical (unpaired) electrons. The van der Waals surface area contributed by atoms with Gasteiger partial charge in [-0.3, -0.25) is 9.36 Å². The van der Waals surface area contributed by atoms with Crippen LogP contribution in [0.1, 0.15) is 55.4 Å². The Labute approximate surface area is 149 Å². The van der Waals surface area contributed by atoms with Crippen molar-refractivity contribution in [3.05, 3.63) is 27.1 Å². The van der Waals surface area contributed by atoms with Gasteiger partial charge in [-0.1, -0.05) is 6.92 Å². The van der Waals surface area contributed by atoms with Crippen molar-refractivity contribution < 1.29 is 19.1 Å². The molecule has 136 valence electrons. The second-order valence-corrected chi connectivity index (χ2v) is 6.82. The first-order valence-corrected chi connectivity index (χ1v) is 9.01. The summed E-state index contributed by atoms with van der Waals surface area (Å²) in [7, 11) is 0. The van der Waals surface area contributed by atoms with Crippen molar-refractivity contribution in [3.63, 3.8) is 0 Å². The van der Waals surface area contributed by atoms with Crippen LogP contribution in [0.4, 0.5) is 0 Å². The predicted molar refractivity (Wildman–Crippen MR) is 95.1 cm³/mol. The zero-order chi connectivity index (χ0) is 18.7. The second-order valence-electron chi connectivity index (χ2n) is 5.82. The Balaban J connectivity index is 2.56. The normalized spacial score (nSPS) is 12.4. The van der Waals surface area contributed by atoms with E-state index in [1.165, 1.54) is 10.9 Å². The summed E-state index contributed by atoms with van der Waals surface area (Å²) in [6.07, 6.45) is 1.48. The fraction of sp³-hybridized carbons (Fsp3) is 0.529. The number of ether oxygens (including phenoxy) is 2. The first kappa shape index (κ1) is 19.1. The fourth-order valence-electron chi connectivity index (χ4n) is 2.54. The molecule has 0 unspecified atom stereocenters. The van der Waals surface area contributed by atoms with Crippen LogP contribution in [0.2, 0.25) is 0 Å². The molecular formula is C17H22N2O5S. The van der Waals surface area contributed by atoms with Gasteiger partial charge in [0.15, 0.2) is 0 Å². The average Bonchev–Trinajstić information content (AvgIpc) is 2.87. The van der Waals surface area contributed by atoms with Crippen LogP contribution in [0.5, 0.6) is 0 Å². The third-order valence-electron chi connectivity index (χ3n) is 3.69. The van der Waals surface area contributed by atoms with Crippen molar-refractivity contribution in [2.24, 2.45) is 0 Å².